The van der Waals surface area contributed by atoms with E-state index in [0.29, 0.717) is 18.2 Å². The van der Waals surface area contributed by atoms with Crippen LogP contribution < -0.4 is 5.73 Å². The maximum atomic E-state index is 5.40. The highest BCUT2D eigenvalue weighted by molar-refractivity contribution is 5.17. The van der Waals surface area contributed by atoms with Gasteiger partial charge < -0.3 is 5.73 Å². The van der Waals surface area contributed by atoms with Crippen molar-refractivity contribution >= 4 is 0 Å². The van der Waals surface area contributed by atoms with Gasteiger partial charge in [-0.2, -0.15) is 5.10 Å². The zero-order chi connectivity index (χ0) is 9.10. The molecule has 2 aromatic rings. The standard InChI is InChI=1S/C7H8N6/c8-3-6-10-2-1-7(12-6)13-5-9-4-11-13/h1-2,4-5H,3,8H2. The molecule has 0 radical (unpaired) electrons. The second-order valence-corrected chi connectivity index (χ2v) is 2.38. The van der Waals surface area contributed by atoms with E-state index in [1.165, 1.54) is 6.33 Å². The summed E-state index contributed by atoms with van der Waals surface area (Å²) in [6.45, 7) is 0.322. The van der Waals surface area contributed by atoms with Crippen molar-refractivity contribution in [1.29, 1.82) is 0 Å². The molecule has 0 aromatic carbocycles. The molecule has 6 nitrogen and oxygen atoms in total. The molecule has 2 rings (SSSR count). The monoisotopic (exact) mass is 176 g/mol. The lowest BCUT2D eigenvalue weighted by Gasteiger charge is -1.99. The zero-order valence-electron chi connectivity index (χ0n) is 6.83. The van der Waals surface area contributed by atoms with Gasteiger partial charge in [-0.25, -0.2) is 19.6 Å². The Labute approximate surface area is 74.5 Å². The minimum absolute atomic E-state index is 0.322. The van der Waals surface area contributed by atoms with Crippen LogP contribution >= 0.6 is 0 Å². The molecule has 0 spiro atoms. The first-order chi connectivity index (χ1) is 6.40. The van der Waals surface area contributed by atoms with Crippen molar-refractivity contribution in [3.05, 3.63) is 30.7 Å². The van der Waals surface area contributed by atoms with Crippen LogP contribution in [0.15, 0.2) is 24.9 Å². The van der Waals surface area contributed by atoms with E-state index in [1.807, 2.05) is 0 Å². The van der Waals surface area contributed by atoms with E-state index in [2.05, 4.69) is 20.1 Å². The molecular formula is C7H8N6. The average molecular weight is 176 g/mol. The molecule has 2 N–H and O–H groups in total. The van der Waals surface area contributed by atoms with Gasteiger partial charge in [-0.1, -0.05) is 0 Å². The highest BCUT2D eigenvalue weighted by atomic mass is 15.3. The minimum atomic E-state index is 0.322. The maximum absolute atomic E-state index is 5.40. The van der Waals surface area contributed by atoms with Gasteiger partial charge in [-0.15, -0.1) is 0 Å². The van der Waals surface area contributed by atoms with E-state index >= 15 is 0 Å². The number of nitrogens with two attached hydrogens (primary N) is 1. The summed E-state index contributed by atoms with van der Waals surface area (Å²) in [7, 11) is 0. The fourth-order valence-electron chi connectivity index (χ4n) is 0.941. The number of hydrogen-bond donors (Lipinski definition) is 1. The van der Waals surface area contributed by atoms with Gasteiger partial charge in [0.05, 0.1) is 6.54 Å². The number of aromatic nitrogens is 5. The second kappa shape index (κ2) is 3.28. The highest BCUT2D eigenvalue weighted by Crippen LogP contribution is 1.99. The molecule has 0 unspecified atom stereocenters. The van der Waals surface area contributed by atoms with Gasteiger partial charge >= 0.3 is 0 Å². The molecule has 0 bridgehead atoms. The van der Waals surface area contributed by atoms with E-state index in [-0.39, 0.29) is 0 Å². The summed E-state index contributed by atoms with van der Waals surface area (Å²) in [4.78, 5) is 11.9. The normalized spacial score (nSPS) is 10.2. The molecule has 0 fully saturated rings. The molecule has 66 valence electrons. The van der Waals surface area contributed by atoms with Crippen molar-refractivity contribution in [1.82, 2.24) is 24.7 Å². The van der Waals surface area contributed by atoms with Crippen LogP contribution in [0.3, 0.4) is 0 Å². The molecule has 0 amide bonds. The highest BCUT2D eigenvalue weighted by Gasteiger charge is 1.99. The van der Waals surface area contributed by atoms with Gasteiger partial charge in [0.2, 0.25) is 0 Å². The fourth-order valence-corrected chi connectivity index (χ4v) is 0.941. The van der Waals surface area contributed by atoms with E-state index < -0.39 is 0 Å². The molecule has 0 aliphatic carbocycles. The van der Waals surface area contributed by atoms with Crippen molar-refractivity contribution < 1.29 is 0 Å². The number of hydrogen-bond acceptors (Lipinski definition) is 5. The molecule has 0 saturated carbocycles. The summed E-state index contributed by atoms with van der Waals surface area (Å²) in [5, 5.41) is 3.94. The topological polar surface area (TPSA) is 82.5 Å². The average Bonchev–Trinajstić information content (AvgIpc) is 2.71. The van der Waals surface area contributed by atoms with Gasteiger partial charge in [0, 0.05) is 12.3 Å². The predicted octanol–water partition coefficient (Wildman–Crippen LogP) is -0.484. The van der Waals surface area contributed by atoms with Gasteiger partial charge in [0.15, 0.2) is 5.82 Å². The first-order valence-corrected chi connectivity index (χ1v) is 3.77. The van der Waals surface area contributed by atoms with Crippen molar-refractivity contribution in [2.45, 2.75) is 6.54 Å². The Hall–Kier alpha value is -1.82. The third-order valence-corrected chi connectivity index (χ3v) is 1.53. The summed E-state index contributed by atoms with van der Waals surface area (Å²) in [6.07, 6.45) is 4.67. The lowest BCUT2D eigenvalue weighted by atomic mass is 10.5. The summed E-state index contributed by atoms with van der Waals surface area (Å²) in [6, 6.07) is 1.74. The Morgan fingerprint density at radius 1 is 1.46 bits per heavy atom. The largest absolute Gasteiger partial charge is 0.324 e. The maximum Gasteiger partial charge on any atom is 0.158 e. The molecule has 6 heteroatoms. The summed E-state index contributed by atoms with van der Waals surface area (Å²) < 4.78 is 1.56. The lowest BCUT2D eigenvalue weighted by molar-refractivity contribution is 0.805. The first kappa shape index (κ1) is 7.81. The van der Waals surface area contributed by atoms with Gasteiger partial charge in [0.1, 0.15) is 18.5 Å². The number of rotatable bonds is 2. The molecule has 2 aromatic heterocycles. The zero-order valence-corrected chi connectivity index (χ0v) is 6.83. The SMILES string of the molecule is NCc1nccc(-n2cncn2)n1. The quantitative estimate of drug-likeness (QED) is 0.668. The lowest BCUT2D eigenvalue weighted by Crippen LogP contribution is -2.06. The van der Waals surface area contributed by atoms with Crippen molar-refractivity contribution in [3.8, 4) is 5.82 Å². The van der Waals surface area contributed by atoms with Crippen LogP contribution in [0.4, 0.5) is 0 Å². The summed E-state index contributed by atoms with van der Waals surface area (Å²) in [5.41, 5.74) is 5.40. The van der Waals surface area contributed by atoms with Crippen LogP contribution in [0.1, 0.15) is 5.82 Å². The molecule has 2 heterocycles. The fraction of sp³-hybridized carbons (Fsp3) is 0.143. The Morgan fingerprint density at radius 2 is 2.38 bits per heavy atom. The smallest absolute Gasteiger partial charge is 0.158 e. The van der Waals surface area contributed by atoms with E-state index in [0.717, 1.165) is 0 Å². The van der Waals surface area contributed by atoms with Crippen molar-refractivity contribution in [2.24, 2.45) is 5.73 Å². The molecule has 0 aliphatic heterocycles. The van der Waals surface area contributed by atoms with E-state index in [4.69, 9.17) is 5.73 Å². The third-order valence-electron chi connectivity index (χ3n) is 1.53. The Bertz CT molecular complexity index is 382. The first-order valence-electron chi connectivity index (χ1n) is 3.77. The van der Waals surface area contributed by atoms with Gasteiger partial charge in [0.25, 0.3) is 0 Å². The minimum Gasteiger partial charge on any atom is -0.324 e. The van der Waals surface area contributed by atoms with Crippen LogP contribution in [0, 0.1) is 0 Å². The van der Waals surface area contributed by atoms with Crippen molar-refractivity contribution in [2.75, 3.05) is 0 Å². The molecule has 0 atom stereocenters. The number of nitrogens with zero attached hydrogens (tertiary/aromatic N) is 5. The molecular weight excluding hydrogens is 168 g/mol. The summed E-state index contributed by atoms with van der Waals surface area (Å²) >= 11 is 0. The molecule has 0 saturated heterocycles. The Kier molecular flexibility index (Phi) is 1.97. The second-order valence-electron chi connectivity index (χ2n) is 2.38. The van der Waals surface area contributed by atoms with E-state index in [1.54, 1.807) is 23.3 Å². The van der Waals surface area contributed by atoms with Crippen LogP contribution in [0.25, 0.3) is 5.82 Å². The van der Waals surface area contributed by atoms with Crippen molar-refractivity contribution in [3.63, 3.8) is 0 Å². The Balaban J connectivity index is 2.41. The summed E-state index contributed by atoms with van der Waals surface area (Å²) in [5.74, 6) is 1.26. The van der Waals surface area contributed by atoms with Gasteiger partial charge in [-0.3, -0.25) is 0 Å². The predicted molar refractivity (Wildman–Crippen MR) is 44.8 cm³/mol. The third kappa shape index (κ3) is 1.52. The van der Waals surface area contributed by atoms with Crippen LogP contribution in [0.5, 0.6) is 0 Å². The van der Waals surface area contributed by atoms with Crippen LogP contribution in [-0.4, -0.2) is 24.7 Å². The molecule has 0 aliphatic rings. The van der Waals surface area contributed by atoms with E-state index in [9.17, 15) is 0 Å². The van der Waals surface area contributed by atoms with Crippen LogP contribution in [-0.2, 0) is 6.54 Å². The van der Waals surface area contributed by atoms with Crippen LogP contribution in [0.2, 0.25) is 0 Å². The molecule has 13 heavy (non-hydrogen) atoms. The van der Waals surface area contributed by atoms with Gasteiger partial charge in [-0.05, 0) is 0 Å². The Morgan fingerprint density at radius 3 is 3.08 bits per heavy atom.